The highest BCUT2D eigenvalue weighted by atomic mass is 35.5. The van der Waals surface area contributed by atoms with Crippen molar-refractivity contribution in [1.82, 2.24) is 4.98 Å². The molecular weight excluding hydrogens is 259 g/mol. The van der Waals surface area contributed by atoms with Gasteiger partial charge in [0.05, 0.1) is 16.7 Å². The van der Waals surface area contributed by atoms with Crippen molar-refractivity contribution in [2.24, 2.45) is 0 Å². The van der Waals surface area contributed by atoms with Crippen molar-refractivity contribution in [3.05, 3.63) is 46.1 Å². The first-order chi connectivity index (χ1) is 8.15. The zero-order valence-electron chi connectivity index (χ0n) is 8.82. The fourth-order valence-electron chi connectivity index (χ4n) is 1.68. The Balaban J connectivity index is 2.76. The molecule has 3 nitrogen and oxygen atoms in total. The fraction of sp³-hybridized carbons (Fsp3) is 0.0833. The maximum absolute atomic E-state index is 9.32. The summed E-state index contributed by atoms with van der Waals surface area (Å²) in [4.78, 5) is 4.00. The standard InChI is InChI=1S/C12H10Cl2N2O/c13-8-2-1-3-9(14)11(8)10-7(6-17)4-5-16-12(10)15/h1-5,17H,6H2,(H2,15,16). The van der Waals surface area contributed by atoms with Crippen LogP contribution in [0, 0.1) is 0 Å². The summed E-state index contributed by atoms with van der Waals surface area (Å²) in [6, 6.07) is 6.87. The number of halogens is 2. The number of aliphatic hydroxyl groups excluding tert-OH is 1. The number of pyridine rings is 1. The van der Waals surface area contributed by atoms with Crippen molar-refractivity contribution in [2.75, 3.05) is 5.73 Å². The molecule has 0 aliphatic rings. The van der Waals surface area contributed by atoms with E-state index in [1.54, 1.807) is 24.3 Å². The minimum absolute atomic E-state index is 0.149. The van der Waals surface area contributed by atoms with Crippen LogP contribution in [0.25, 0.3) is 11.1 Å². The van der Waals surface area contributed by atoms with Gasteiger partial charge in [0.15, 0.2) is 0 Å². The second-order valence-electron chi connectivity index (χ2n) is 3.49. The van der Waals surface area contributed by atoms with Gasteiger partial charge in [-0.1, -0.05) is 29.3 Å². The molecule has 5 heteroatoms. The molecule has 0 saturated carbocycles. The molecular formula is C12H10Cl2N2O. The van der Waals surface area contributed by atoms with Gasteiger partial charge in [-0.2, -0.15) is 0 Å². The normalized spacial score (nSPS) is 10.5. The van der Waals surface area contributed by atoms with E-state index in [-0.39, 0.29) is 6.61 Å². The van der Waals surface area contributed by atoms with E-state index in [1.807, 2.05) is 0 Å². The van der Waals surface area contributed by atoms with Gasteiger partial charge in [0.1, 0.15) is 5.82 Å². The van der Waals surface area contributed by atoms with Gasteiger partial charge in [0.2, 0.25) is 0 Å². The third-order valence-corrected chi connectivity index (χ3v) is 3.08. The number of hydrogen-bond acceptors (Lipinski definition) is 3. The van der Waals surface area contributed by atoms with Crippen molar-refractivity contribution in [1.29, 1.82) is 0 Å². The van der Waals surface area contributed by atoms with Crippen LogP contribution in [-0.2, 0) is 6.61 Å². The van der Waals surface area contributed by atoms with Crippen LogP contribution in [0.1, 0.15) is 5.56 Å². The van der Waals surface area contributed by atoms with Gasteiger partial charge in [0, 0.05) is 17.3 Å². The zero-order valence-corrected chi connectivity index (χ0v) is 10.3. The molecule has 0 radical (unpaired) electrons. The van der Waals surface area contributed by atoms with E-state index < -0.39 is 0 Å². The lowest BCUT2D eigenvalue weighted by molar-refractivity contribution is 0.282. The lowest BCUT2D eigenvalue weighted by atomic mass is 10.0. The van der Waals surface area contributed by atoms with E-state index in [0.717, 1.165) is 0 Å². The van der Waals surface area contributed by atoms with E-state index in [9.17, 15) is 5.11 Å². The lowest BCUT2D eigenvalue weighted by Gasteiger charge is -2.12. The molecule has 0 unspecified atom stereocenters. The highest BCUT2D eigenvalue weighted by molar-refractivity contribution is 6.39. The molecule has 0 aliphatic carbocycles. The number of aromatic nitrogens is 1. The molecule has 1 heterocycles. The van der Waals surface area contributed by atoms with Gasteiger partial charge in [-0.15, -0.1) is 0 Å². The molecule has 2 aromatic rings. The van der Waals surface area contributed by atoms with Crippen molar-refractivity contribution in [2.45, 2.75) is 6.61 Å². The number of nitrogens with two attached hydrogens (primary N) is 1. The second kappa shape index (κ2) is 4.92. The third kappa shape index (κ3) is 2.22. The van der Waals surface area contributed by atoms with Crippen molar-refractivity contribution >= 4 is 29.0 Å². The predicted molar refractivity (Wildman–Crippen MR) is 70.0 cm³/mol. The van der Waals surface area contributed by atoms with Gasteiger partial charge >= 0.3 is 0 Å². The molecule has 2 rings (SSSR count). The number of anilines is 1. The van der Waals surface area contributed by atoms with Crippen LogP contribution in [0.2, 0.25) is 10.0 Å². The highest BCUT2D eigenvalue weighted by Gasteiger charge is 2.15. The minimum Gasteiger partial charge on any atom is -0.392 e. The van der Waals surface area contributed by atoms with E-state index >= 15 is 0 Å². The van der Waals surface area contributed by atoms with E-state index in [4.69, 9.17) is 28.9 Å². The van der Waals surface area contributed by atoms with Crippen molar-refractivity contribution in [3.8, 4) is 11.1 Å². The zero-order chi connectivity index (χ0) is 12.4. The van der Waals surface area contributed by atoms with Gasteiger partial charge < -0.3 is 10.8 Å². The molecule has 1 aromatic carbocycles. The maximum Gasteiger partial charge on any atom is 0.131 e. The molecule has 0 amide bonds. The van der Waals surface area contributed by atoms with Crippen molar-refractivity contribution in [3.63, 3.8) is 0 Å². The number of nitrogens with zero attached hydrogens (tertiary/aromatic N) is 1. The predicted octanol–water partition coefficient (Wildman–Crippen LogP) is 3.13. The Kier molecular flexibility index (Phi) is 3.52. The topological polar surface area (TPSA) is 59.1 Å². The summed E-state index contributed by atoms with van der Waals surface area (Å²) >= 11 is 12.2. The highest BCUT2D eigenvalue weighted by Crippen LogP contribution is 2.38. The fourth-order valence-corrected chi connectivity index (χ4v) is 2.26. The smallest absolute Gasteiger partial charge is 0.131 e. The van der Waals surface area contributed by atoms with Gasteiger partial charge in [-0.25, -0.2) is 4.98 Å². The summed E-state index contributed by atoms with van der Waals surface area (Å²) in [5.74, 6) is 0.298. The van der Waals surface area contributed by atoms with Crippen LogP contribution in [0.15, 0.2) is 30.5 Å². The number of hydrogen-bond donors (Lipinski definition) is 2. The van der Waals surface area contributed by atoms with Crippen LogP contribution in [0.4, 0.5) is 5.82 Å². The monoisotopic (exact) mass is 268 g/mol. The molecule has 0 atom stereocenters. The van der Waals surface area contributed by atoms with E-state index in [2.05, 4.69) is 4.98 Å². The molecule has 0 spiro atoms. The Hall–Kier alpha value is -1.29. The Labute approximate surface area is 109 Å². The first-order valence-electron chi connectivity index (χ1n) is 4.93. The van der Waals surface area contributed by atoms with Crippen LogP contribution in [0.3, 0.4) is 0 Å². The summed E-state index contributed by atoms with van der Waals surface area (Å²) < 4.78 is 0. The Bertz CT molecular complexity index is 538. The third-order valence-electron chi connectivity index (χ3n) is 2.45. The summed E-state index contributed by atoms with van der Waals surface area (Å²) in [7, 11) is 0. The molecule has 0 saturated heterocycles. The van der Waals surface area contributed by atoms with Gasteiger partial charge in [0.25, 0.3) is 0 Å². The summed E-state index contributed by atoms with van der Waals surface area (Å²) in [5, 5.41) is 10.3. The van der Waals surface area contributed by atoms with Crippen LogP contribution < -0.4 is 5.73 Å². The summed E-state index contributed by atoms with van der Waals surface area (Å²) in [5.41, 5.74) is 7.66. The Morgan fingerprint density at radius 3 is 2.35 bits per heavy atom. The molecule has 0 aliphatic heterocycles. The second-order valence-corrected chi connectivity index (χ2v) is 4.30. The number of nitrogen functional groups attached to an aromatic ring is 1. The molecule has 0 fully saturated rings. The lowest BCUT2D eigenvalue weighted by Crippen LogP contribution is -1.99. The number of rotatable bonds is 2. The summed E-state index contributed by atoms with van der Waals surface area (Å²) in [6.07, 6.45) is 1.54. The first kappa shape index (κ1) is 12.2. The first-order valence-corrected chi connectivity index (χ1v) is 5.69. The molecule has 3 N–H and O–H groups in total. The van der Waals surface area contributed by atoms with E-state index in [0.29, 0.717) is 32.6 Å². The van der Waals surface area contributed by atoms with Crippen LogP contribution in [-0.4, -0.2) is 10.1 Å². The molecule has 88 valence electrons. The maximum atomic E-state index is 9.32. The number of aliphatic hydroxyl groups is 1. The van der Waals surface area contributed by atoms with Gasteiger partial charge in [-0.3, -0.25) is 0 Å². The van der Waals surface area contributed by atoms with Crippen molar-refractivity contribution < 1.29 is 5.11 Å². The van der Waals surface area contributed by atoms with Gasteiger partial charge in [-0.05, 0) is 23.8 Å². The molecule has 1 aromatic heterocycles. The van der Waals surface area contributed by atoms with Crippen LogP contribution >= 0.6 is 23.2 Å². The largest absolute Gasteiger partial charge is 0.392 e. The molecule has 17 heavy (non-hydrogen) atoms. The summed E-state index contributed by atoms with van der Waals surface area (Å²) in [6.45, 7) is -0.149. The molecule has 0 bridgehead atoms. The average molecular weight is 269 g/mol. The Morgan fingerprint density at radius 2 is 1.76 bits per heavy atom. The quantitative estimate of drug-likeness (QED) is 0.880. The van der Waals surface area contributed by atoms with Crippen LogP contribution in [0.5, 0.6) is 0 Å². The minimum atomic E-state index is -0.149. The van der Waals surface area contributed by atoms with E-state index in [1.165, 1.54) is 6.20 Å². The SMILES string of the molecule is Nc1nccc(CO)c1-c1c(Cl)cccc1Cl. The number of benzene rings is 1. The Morgan fingerprint density at radius 1 is 1.12 bits per heavy atom. The average Bonchev–Trinajstić information content (AvgIpc) is 2.30.